The van der Waals surface area contributed by atoms with Crippen LogP contribution in [0.1, 0.15) is 12.0 Å². The van der Waals surface area contributed by atoms with Gasteiger partial charge in [-0.2, -0.15) is 0 Å². The van der Waals surface area contributed by atoms with E-state index in [-0.39, 0.29) is 5.82 Å². The molecule has 2 heteroatoms. The maximum Gasteiger partial charge on any atom is 0.123 e. The molecule has 0 unspecified atom stereocenters. The van der Waals surface area contributed by atoms with Crippen LogP contribution >= 0.6 is 0 Å². The standard InChI is InChI=1S/C10H11FN/c1-2-3-10(12)8-4-6-9(11)7-5-8/h3-7H,1-2,12H2. The number of rotatable bonds is 2. The molecule has 0 aliphatic carbocycles. The van der Waals surface area contributed by atoms with E-state index < -0.39 is 0 Å². The Bertz CT molecular complexity index is 274. The van der Waals surface area contributed by atoms with Gasteiger partial charge in [0.1, 0.15) is 5.82 Å². The lowest BCUT2D eigenvalue weighted by Gasteiger charge is -1.99. The molecule has 0 amide bonds. The van der Waals surface area contributed by atoms with Gasteiger partial charge in [-0.05, 0) is 31.0 Å². The number of hydrogen-bond acceptors (Lipinski definition) is 1. The van der Waals surface area contributed by atoms with Crippen molar-refractivity contribution in [3.63, 3.8) is 0 Å². The van der Waals surface area contributed by atoms with Gasteiger partial charge in [0, 0.05) is 5.70 Å². The molecule has 0 atom stereocenters. The highest BCUT2D eigenvalue weighted by Gasteiger charge is 1.94. The molecule has 63 valence electrons. The number of halogens is 1. The molecule has 1 aromatic carbocycles. The molecule has 1 rings (SSSR count). The number of allylic oxidation sites excluding steroid dienone is 1. The van der Waals surface area contributed by atoms with Crippen LogP contribution in [0, 0.1) is 12.7 Å². The minimum atomic E-state index is -0.249. The van der Waals surface area contributed by atoms with E-state index in [2.05, 4.69) is 6.92 Å². The molecule has 0 spiro atoms. The molecule has 1 aromatic rings. The first kappa shape index (κ1) is 8.78. The second-order valence-corrected chi connectivity index (χ2v) is 2.46. The van der Waals surface area contributed by atoms with E-state index in [0.29, 0.717) is 12.1 Å². The maximum atomic E-state index is 12.5. The van der Waals surface area contributed by atoms with Crippen LogP contribution in [0.3, 0.4) is 0 Å². The van der Waals surface area contributed by atoms with E-state index in [1.165, 1.54) is 12.1 Å². The fourth-order valence-corrected chi connectivity index (χ4v) is 0.916. The zero-order valence-corrected chi connectivity index (χ0v) is 6.76. The summed E-state index contributed by atoms with van der Waals surface area (Å²) in [5, 5.41) is 0. The molecule has 0 bridgehead atoms. The van der Waals surface area contributed by atoms with E-state index in [1.807, 2.05) is 0 Å². The fourth-order valence-electron chi connectivity index (χ4n) is 0.916. The third kappa shape index (κ3) is 2.09. The third-order valence-electron chi connectivity index (χ3n) is 1.54. The molecule has 0 fully saturated rings. The van der Waals surface area contributed by atoms with Crippen molar-refractivity contribution in [3.05, 3.63) is 48.6 Å². The second-order valence-electron chi connectivity index (χ2n) is 2.46. The summed E-state index contributed by atoms with van der Waals surface area (Å²) in [6, 6.07) is 6.08. The van der Waals surface area contributed by atoms with Gasteiger partial charge < -0.3 is 5.73 Å². The van der Waals surface area contributed by atoms with E-state index >= 15 is 0 Å². The van der Waals surface area contributed by atoms with Gasteiger partial charge in [-0.1, -0.05) is 18.2 Å². The summed E-state index contributed by atoms with van der Waals surface area (Å²) in [6.07, 6.45) is 2.44. The number of hydrogen-bond donors (Lipinski definition) is 1. The van der Waals surface area contributed by atoms with Crippen LogP contribution in [-0.2, 0) is 0 Å². The Labute approximate surface area is 71.7 Å². The Morgan fingerprint density at radius 2 is 2.00 bits per heavy atom. The predicted octanol–water partition coefficient (Wildman–Crippen LogP) is 2.35. The topological polar surface area (TPSA) is 26.0 Å². The minimum Gasteiger partial charge on any atom is -0.399 e. The summed E-state index contributed by atoms with van der Waals surface area (Å²) >= 11 is 0. The summed E-state index contributed by atoms with van der Waals surface area (Å²) in [6.45, 7) is 3.64. The van der Waals surface area contributed by atoms with Gasteiger partial charge in [0.15, 0.2) is 0 Å². The molecule has 12 heavy (non-hydrogen) atoms. The Kier molecular flexibility index (Phi) is 2.86. The first-order valence-corrected chi connectivity index (χ1v) is 3.75. The van der Waals surface area contributed by atoms with Crippen LogP contribution < -0.4 is 5.73 Å². The first-order chi connectivity index (χ1) is 5.74. The molecular formula is C10H11FN. The Morgan fingerprint density at radius 3 is 2.50 bits per heavy atom. The average Bonchev–Trinajstić information content (AvgIpc) is 2.06. The second kappa shape index (κ2) is 3.90. The molecule has 0 heterocycles. The van der Waals surface area contributed by atoms with E-state index in [0.717, 1.165) is 5.56 Å². The van der Waals surface area contributed by atoms with Crippen molar-refractivity contribution in [1.29, 1.82) is 0 Å². The van der Waals surface area contributed by atoms with Crippen LogP contribution in [0.25, 0.3) is 5.70 Å². The lowest BCUT2D eigenvalue weighted by molar-refractivity contribution is 0.627. The van der Waals surface area contributed by atoms with Gasteiger partial charge in [-0.15, -0.1) is 0 Å². The quantitative estimate of drug-likeness (QED) is 0.713. The molecule has 1 nitrogen and oxygen atoms in total. The summed E-state index contributed by atoms with van der Waals surface area (Å²) in [5.74, 6) is -0.249. The lowest BCUT2D eigenvalue weighted by Crippen LogP contribution is -1.95. The molecule has 0 aliphatic heterocycles. The zero-order chi connectivity index (χ0) is 8.97. The van der Waals surface area contributed by atoms with Crippen molar-refractivity contribution in [3.8, 4) is 0 Å². The van der Waals surface area contributed by atoms with Crippen molar-refractivity contribution in [1.82, 2.24) is 0 Å². The van der Waals surface area contributed by atoms with E-state index in [4.69, 9.17) is 5.73 Å². The Morgan fingerprint density at radius 1 is 1.42 bits per heavy atom. The highest BCUT2D eigenvalue weighted by atomic mass is 19.1. The van der Waals surface area contributed by atoms with Crippen LogP contribution in [0.5, 0.6) is 0 Å². The summed E-state index contributed by atoms with van der Waals surface area (Å²) in [4.78, 5) is 0. The van der Waals surface area contributed by atoms with E-state index in [9.17, 15) is 4.39 Å². The average molecular weight is 164 g/mol. The highest BCUT2D eigenvalue weighted by Crippen LogP contribution is 2.09. The van der Waals surface area contributed by atoms with Crippen molar-refractivity contribution < 1.29 is 4.39 Å². The monoisotopic (exact) mass is 164 g/mol. The summed E-state index contributed by atoms with van der Waals surface area (Å²) < 4.78 is 12.5. The van der Waals surface area contributed by atoms with Gasteiger partial charge in [0.2, 0.25) is 0 Å². The van der Waals surface area contributed by atoms with Gasteiger partial charge in [0.05, 0.1) is 0 Å². The Hall–Kier alpha value is -1.31. The van der Waals surface area contributed by atoms with Gasteiger partial charge in [-0.25, -0.2) is 4.39 Å². The van der Waals surface area contributed by atoms with Crippen LogP contribution in [0.4, 0.5) is 4.39 Å². The molecule has 2 N–H and O–H groups in total. The van der Waals surface area contributed by atoms with Crippen molar-refractivity contribution in [2.75, 3.05) is 0 Å². The van der Waals surface area contributed by atoms with Crippen LogP contribution in [-0.4, -0.2) is 0 Å². The predicted molar refractivity (Wildman–Crippen MR) is 48.5 cm³/mol. The maximum absolute atomic E-state index is 12.5. The number of benzene rings is 1. The van der Waals surface area contributed by atoms with Crippen LogP contribution in [0.2, 0.25) is 0 Å². The summed E-state index contributed by atoms with van der Waals surface area (Å²) in [5.41, 5.74) is 7.13. The summed E-state index contributed by atoms with van der Waals surface area (Å²) in [7, 11) is 0. The van der Waals surface area contributed by atoms with Crippen molar-refractivity contribution >= 4 is 5.70 Å². The van der Waals surface area contributed by atoms with Crippen LogP contribution in [0.15, 0.2) is 30.3 Å². The van der Waals surface area contributed by atoms with Crippen molar-refractivity contribution in [2.45, 2.75) is 6.42 Å². The Balaban J connectivity index is 2.89. The van der Waals surface area contributed by atoms with Gasteiger partial charge in [-0.3, -0.25) is 0 Å². The molecular weight excluding hydrogens is 153 g/mol. The zero-order valence-electron chi connectivity index (χ0n) is 6.76. The normalized spacial score (nSPS) is 11.7. The van der Waals surface area contributed by atoms with Gasteiger partial charge >= 0.3 is 0 Å². The highest BCUT2D eigenvalue weighted by molar-refractivity contribution is 5.62. The molecule has 0 aromatic heterocycles. The third-order valence-corrected chi connectivity index (χ3v) is 1.54. The lowest BCUT2D eigenvalue weighted by atomic mass is 10.1. The van der Waals surface area contributed by atoms with Gasteiger partial charge in [0.25, 0.3) is 0 Å². The number of nitrogens with two attached hydrogens (primary N) is 1. The SMILES string of the molecule is [CH2]CC=C(N)c1ccc(F)cc1. The smallest absolute Gasteiger partial charge is 0.123 e. The minimum absolute atomic E-state index is 0.249. The largest absolute Gasteiger partial charge is 0.399 e. The molecule has 1 radical (unpaired) electrons. The molecule has 0 aliphatic rings. The first-order valence-electron chi connectivity index (χ1n) is 3.75. The fraction of sp³-hybridized carbons (Fsp3) is 0.100. The molecule has 0 saturated heterocycles. The van der Waals surface area contributed by atoms with E-state index in [1.54, 1.807) is 18.2 Å². The molecule has 0 saturated carbocycles. The van der Waals surface area contributed by atoms with Crippen molar-refractivity contribution in [2.24, 2.45) is 5.73 Å².